The Hall–Kier alpha value is -0.580. The summed E-state index contributed by atoms with van der Waals surface area (Å²) in [6, 6.07) is 7.38. The van der Waals surface area contributed by atoms with Gasteiger partial charge in [-0.15, -0.1) is 0 Å². The summed E-state index contributed by atoms with van der Waals surface area (Å²) in [5.41, 5.74) is 0.974. The molecule has 1 N–H and O–H groups in total. The molecule has 0 aromatic heterocycles. The van der Waals surface area contributed by atoms with Crippen LogP contribution in [-0.4, -0.2) is 26.0 Å². The van der Waals surface area contributed by atoms with Crippen LogP contribution in [-0.2, 0) is 9.84 Å². The first-order valence-electron chi connectivity index (χ1n) is 7.25. The monoisotopic (exact) mass is 315 g/mol. The molecular weight excluding hydrogens is 294 g/mol. The minimum absolute atomic E-state index is 0.154. The van der Waals surface area contributed by atoms with Crippen LogP contribution in [0.4, 0.5) is 0 Å². The second kappa shape index (κ2) is 6.92. The Labute approximate surface area is 126 Å². The van der Waals surface area contributed by atoms with Gasteiger partial charge in [-0.1, -0.05) is 37.1 Å². The van der Waals surface area contributed by atoms with Crippen LogP contribution in [0.2, 0.25) is 5.02 Å². The summed E-state index contributed by atoms with van der Waals surface area (Å²) >= 11 is 6.06. The number of hydrogen-bond donors (Lipinski definition) is 1. The lowest BCUT2D eigenvalue weighted by Gasteiger charge is -2.31. The van der Waals surface area contributed by atoms with E-state index in [1.165, 1.54) is 0 Å². The van der Waals surface area contributed by atoms with Crippen molar-refractivity contribution in [3.63, 3.8) is 0 Å². The number of hydrogen-bond acceptors (Lipinski definition) is 3. The minimum atomic E-state index is -3.02. The first-order valence-corrected chi connectivity index (χ1v) is 9.34. The summed E-state index contributed by atoms with van der Waals surface area (Å²) in [5.74, 6) is 0.308. The quantitative estimate of drug-likeness (QED) is 0.906. The Morgan fingerprint density at radius 2 is 2.20 bits per heavy atom. The lowest BCUT2D eigenvalue weighted by Crippen LogP contribution is -2.40. The Kier molecular flexibility index (Phi) is 5.47. The van der Waals surface area contributed by atoms with Gasteiger partial charge < -0.3 is 5.32 Å². The van der Waals surface area contributed by atoms with Crippen LogP contribution >= 0.6 is 11.6 Å². The molecule has 2 atom stereocenters. The van der Waals surface area contributed by atoms with Crippen LogP contribution in [0.1, 0.15) is 44.2 Å². The summed E-state index contributed by atoms with van der Waals surface area (Å²) in [6.07, 6.45) is 3.48. The number of nitrogens with one attached hydrogen (secondary N) is 1. The van der Waals surface area contributed by atoms with E-state index in [0.717, 1.165) is 37.8 Å². The third kappa shape index (κ3) is 3.74. The third-order valence-corrected chi connectivity index (χ3v) is 6.35. The molecule has 0 aliphatic carbocycles. The lowest BCUT2D eigenvalue weighted by molar-refractivity contribution is 0.446. The Morgan fingerprint density at radius 3 is 2.85 bits per heavy atom. The van der Waals surface area contributed by atoms with E-state index >= 15 is 0 Å². The summed E-state index contributed by atoms with van der Waals surface area (Å²) in [5, 5.41) is 3.72. The van der Waals surface area contributed by atoms with E-state index in [0.29, 0.717) is 10.8 Å². The zero-order chi connectivity index (χ0) is 14.6. The molecule has 0 amide bonds. The van der Waals surface area contributed by atoms with E-state index in [1.54, 1.807) is 0 Å². The van der Waals surface area contributed by atoms with E-state index in [-0.39, 0.29) is 11.3 Å². The highest BCUT2D eigenvalue weighted by atomic mass is 35.5. The van der Waals surface area contributed by atoms with Gasteiger partial charge >= 0.3 is 0 Å². The molecule has 1 heterocycles. The van der Waals surface area contributed by atoms with Gasteiger partial charge in [0.05, 0.1) is 11.0 Å². The fourth-order valence-electron chi connectivity index (χ4n) is 2.82. The van der Waals surface area contributed by atoms with Crippen molar-refractivity contribution in [2.45, 2.75) is 43.9 Å². The topological polar surface area (TPSA) is 46.2 Å². The Morgan fingerprint density at radius 1 is 1.40 bits per heavy atom. The SMILES string of the molecule is CCCNC(c1cccc(Cl)c1)C1CCCCS1(=O)=O. The van der Waals surface area contributed by atoms with E-state index in [1.807, 2.05) is 24.3 Å². The maximum Gasteiger partial charge on any atom is 0.155 e. The van der Waals surface area contributed by atoms with Crippen LogP contribution in [0.3, 0.4) is 0 Å². The van der Waals surface area contributed by atoms with Crippen LogP contribution in [0, 0.1) is 0 Å². The summed E-state index contributed by atoms with van der Waals surface area (Å²) in [7, 11) is -3.02. The largest absolute Gasteiger partial charge is 0.309 e. The number of benzene rings is 1. The van der Waals surface area contributed by atoms with Gasteiger partial charge in [0, 0.05) is 11.1 Å². The Bertz CT molecular complexity index is 545. The number of sulfone groups is 1. The highest BCUT2D eigenvalue weighted by Gasteiger charge is 2.36. The second-order valence-corrected chi connectivity index (χ2v) is 8.16. The van der Waals surface area contributed by atoms with Gasteiger partial charge in [-0.3, -0.25) is 0 Å². The first-order chi connectivity index (χ1) is 9.54. The standard InChI is InChI=1S/C15H22ClNO2S/c1-2-9-17-15(12-6-5-7-13(16)11-12)14-8-3-4-10-20(14,18)19/h5-7,11,14-15,17H,2-4,8-10H2,1H3. The minimum Gasteiger partial charge on any atom is -0.309 e. The molecule has 0 spiro atoms. The summed E-state index contributed by atoms with van der Waals surface area (Å²) in [6.45, 7) is 2.89. The van der Waals surface area contributed by atoms with Gasteiger partial charge in [0.15, 0.2) is 9.84 Å². The molecule has 112 valence electrons. The maximum atomic E-state index is 12.4. The van der Waals surface area contributed by atoms with Crippen molar-refractivity contribution in [1.29, 1.82) is 0 Å². The van der Waals surface area contributed by atoms with Crippen molar-refractivity contribution in [1.82, 2.24) is 5.32 Å². The van der Waals surface area contributed by atoms with Crippen LogP contribution in [0.15, 0.2) is 24.3 Å². The molecule has 1 aromatic rings. The molecule has 2 unspecified atom stereocenters. The van der Waals surface area contributed by atoms with E-state index < -0.39 is 9.84 Å². The second-order valence-electron chi connectivity index (χ2n) is 5.39. The zero-order valence-corrected chi connectivity index (χ0v) is 13.4. The molecule has 1 aliphatic heterocycles. The lowest BCUT2D eigenvalue weighted by atomic mass is 9.99. The molecule has 3 nitrogen and oxygen atoms in total. The maximum absolute atomic E-state index is 12.4. The van der Waals surface area contributed by atoms with Crippen LogP contribution in [0.5, 0.6) is 0 Å². The van der Waals surface area contributed by atoms with Gasteiger partial charge in [-0.2, -0.15) is 0 Å². The third-order valence-electron chi connectivity index (χ3n) is 3.82. The highest BCUT2D eigenvalue weighted by molar-refractivity contribution is 7.92. The molecule has 0 saturated carbocycles. The smallest absolute Gasteiger partial charge is 0.155 e. The molecule has 0 bridgehead atoms. The van der Waals surface area contributed by atoms with Crippen molar-refractivity contribution in [3.05, 3.63) is 34.9 Å². The van der Waals surface area contributed by atoms with Gasteiger partial charge in [0.25, 0.3) is 0 Å². The van der Waals surface area contributed by atoms with Gasteiger partial charge in [0.2, 0.25) is 0 Å². The highest BCUT2D eigenvalue weighted by Crippen LogP contribution is 2.31. The molecule has 5 heteroatoms. The predicted molar refractivity (Wildman–Crippen MR) is 83.9 cm³/mol. The van der Waals surface area contributed by atoms with Crippen molar-refractivity contribution >= 4 is 21.4 Å². The molecule has 2 rings (SSSR count). The van der Waals surface area contributed by atoms with Crippen molar-refractivity contribution in [3.8, 4) is 0 Å². The fourth-order valence-corrected chi connectivity index (χ4v) is 5.12. The number of rotatable bonds is 5. The molecule has 0 radical (unpaired) electrons. The van der Waals surface area contributed by atoms with Crippen molar-refractivity contribution < 1.29 is 8.42 Å². The molecule has 1 saturated heterocycles. The average Bonchev–Trinajstić information content (AvgIpc) is 2.40. The molecule has 1 aromatic carbocycles. The molecule has 20 heavy (non-hydrogen) atoms. The average molecular weight is 316 g/mol. The van der Waals surface area contributed by atoms with Crippen molar-refractivity contribution in [2.24, 2.45) is 0 Å². The molecular formula is C15H22ClNO2S. The zero-order valence-electron chi connectivity index (χ0n) is 11.8. The first kappa shape index (κ1) is 15.8. The predicted octanol–water partition coefficient (Wildman–Crippen LogP) is 3.35. The van der Waals surface area contributed by atoms with Gasteiger partial charge in [-0.05, 0) is 43.5 Å². The molecule has 1 fully saturated rings. The molecule has 1 aliphatic rings. The number of halogens is 1. The van der Waals surface area contributed by atoms with Crippen LogP contribution < -0.4 is 5.32 Å². The van der Waals surface area contributed by atoms with E-state index in [2.05, 4.69) is 12.2 Å². The Balaban J connectivity index is 2.31. The van der Waals surface area contributed by atoms with Gasteiger partial charge in [-0.25, -0.2) is 8.42 Å². The van der Waals surface area contributed by atoms with E-state index in [4.69, 9.17) is 11.6 Å². The summed E-state index contributed by atoms with van der Waals surface area (Å²) < 4.78 is 24.7. The van der Waals surface area contributed by atoms with Crippen molar-refractivity contribution in [2.75, 3.05) is 12.3 Å². The normalized spacial score (nSPS) is 23.4. The van der Waals surface area contributed by atoms with Gasteiger partial charge in [0.1, 0.15) is 0 Å². The summed E-state index contributed by atoms with van der Waals surface area (Å²) in [4.78, 5) is 0. The van der Waals surface area contributed by atoms with E-state index in [9.17, 15) is 8.42 Å². The fraction of sp³-hybridized carbons (Fsp3) is 0.600. The van der Waals surface area contributed by atoms with Crippen LogP contribution in [0.25, 0.3) is 0 Å².